The van der Waals surface area contributed by atoms with Crippen molar-refractivity contribution in [3.63, 3.8) is 0 Å². The first-order valence-corrected chi connectivity index (χ1v) is 10.0. The topological polar surface area (TPSA) is 73.9 Å². The summed E-state index contributed by atoms with van der Waals surface area (Å²) in [5.41, 5.74) is 1.11. The Morgan fingerprint density at radius 2 is 2.12 bits per heavy atom. The Hall–Kier alpha value is -1.09. The zero-order chi connectivity index (χ0) is 18.4. The largest absolute Gasteiger partial charge is 0.468 e. The molecule has 0 bridgehead atoms. The molecule has 1 aromatic rings. The molecular formula is C17H25NO5S2. The molecule has 1 aliphatic rings. The van der Waals surface area contributed by atoms with Crippen molar-refractivity contribution in [2.75, 3.05) is 27.4 Å². The summed E-state index contributed by atoms with van der Waals surface area (Å²) in [7, 11) is 2.98. The molecule has 140 valence electrons. The summed E-state index contributed by atoms with van der Waals surface area (Å²) in [6.45, 7) is 4.97. The number of aryl methyl sites for hydroxylation is 2. The average molecular weight is 388 g/mol. The van der Waals surface area contributed by atoms with E-state index < -0.39 is 0 Å². The minimum absolute atomic E-state index is 0.260. The lowest BCUT2D eigenvalue weighted by Crippen LogP contribution is -2.51. The molecule has 1 saturated heterocycles. The third kappa shape index (κ3) is 5.20. The van der Waals surface area contributed by atoms with Gasteiger partial charge in [-0.25, -0.2) is 4.79 Å². The maximum atomic E-state index is 11.9. The number of thiophene rings is 1. The van der Waals surface area contributed by atoms with Gasteiger partial charge in [-0.15, -0.1) is 23.1 Å². The Morgan fingerprint density at radius 1 is 1.36 bits per heavy atom. The van der Waals surface area contributed by atoms with Gasteiger partial charge < -0.3 is 14.2 Å². The van der Waals surface area contributed by atoms with Crippen LogP contribution in [0.25, 0.3) is 0 Å². The van der Waals surface area contributed by atoms with E-state index in [0.717, 1.165) is 24.9 Å². The first-order chi connectivity index (χ1) is 12.0. The van der Waals surface area contributed by atoms with Gasteiger partial charge in [-0.05, 0) is 38.3 Å². The maximum absolute atomic E-state index is 11.9. The van der Waals surface area contributed by atoms with Crippen LogP contribution in [-0.4, -0.2) is 56.0 Å². The molecule has 0 radical (unpaired) electrons. The number of ether oxygens (including phenoxy) is 3. The lowest BCUT2D eigenvalue weighted by atomic mass is 10.1. The molecule has 6 nitrogen and oxygen atoms in total. The van der Waals surface area contributed by atoms with Crippen LogP contribution < -0.4 is 5.32 Å². The SMILES string of the molecule is CCOC(=O)c1cc(C)c(CC[C@@H]2CNC(OC)C(C(=O)OC)S2)s1. The quantitative estimate of drug-likeness (QED) is 0.720. The van der Waals surface area contributed by atoms with Crippen molar-refractivity contribution in [1.29, 1.82) is 0 Å². The summed E-state index contributed by atoms with van der Waals surface area (Å²) in [5.74, 6) is -0.532. The van der Waals surface area contributed by atoms with Gasteiger partial charge in [0.15, 0.2) is 0 Å². The maximum Gasteiger partial charge on any atom is 0.348 e. The molecule has 8 heteroatoms. The van der Waals surface area contributed by atoms with E-state index in [1.54, 1.807) is 25.8 Å². The second kappa shape index (κ2) is 9.56. The Labute approximate surface area is 156 Å². The van der Waals surface area contributed by atoms with E-state index in [1.165, 1.54) is 23.3 Å². The summed E-state index contributed by atoms with van der Waals surface area (Å²) in [6, 6.07) is 1.89. The minimum atomic E-state index is -0.367. The molecule has 0 amide bonds. The molecule has 0 saturated carbocycles. The Bertz CT molecular complexity index is 604. The number of methoxy groups -OCH3 is 2. The lowest BCUT2D eigenvalue weighted by molar-refractivity contribution is -0.143. The first kappa shape index (κ1) is 20.2. The zero-order valence-electron chi connectivity index (χ0n) is 15.0. The molecule has 25 heavy (non-hydrogen) atoms. The summed E-state index contributed by atoms with van der Waals surface area (Å²) in [4.78, 5) is 25.6. The molecule has 0 spiro atoms. The van der Waals surface area contributed by atoms with Crippen LogP contribution in [0.2, 0.25) is 0 Å². The number of thioether (sulfide) groups is 1. The van der Waals surface area contributed by atoms with Gasteiger partial charge >= 0.3 is 11.9 Å². The van der Waals surface area contributed by atoms with Gasteiger partial charge in [0.2, 0.25) is 0 Å². The second-order valence-corrected chi connectivity index (χ2v) is 8.33. The van der Waals surface area contributed by atoms with Gasteiger partial charge in [0.25, 0.3) is 0 Å². The molecule has 2 heterocycles. The zero-order valence-corrected chi connectivity index (χ0v) is 16.6. The van der Waals surface area contributed by atoms with Crippen molar-refractivity contribution in [3.8, 4) is 0 Å². The van der Waals surface area contributed by atoms with Crippen molar-refractivity contribution in [2.45, 2.75) is 43.4 Å². The highest BCUT2D eigenvalue weighted by Crippen LogP contribution is 2.31. The summed E-state index contributed by atoms with van der Waals surface area (Å²) in [6.07, 6.45) is 1.44. The van der Waals surface area contributed by atoms with E-state index in [-0.39, 0.29) is 28.7 Å². The lowest BCUT2D eigenvalue weighted by Gasteiger charge is -2.34. The van der Waals surface area contributed by atoms with Crippen LogP contribution in [0.1, 0.15) is 33.5 Å². The van der Waals surface area contributed by atoms with Crippen molar-refractivity contribution in [3.05, 3.63) is 21.4 Å². The van der Waals surface area contributed by atoms with E-state index in [0.29, 0.717) is 11.5 Å². The van der Waals surface area contributed by atoms with Crippen LogP contribution >= 0.6 is 23.1 Å². The van der Waals surface area contributed by atoms with E-state index in [1.807, 2.05) is 13.0 Å². The third-order valence-corrected chi connectivity index (χ3v) is 6.84. The number of nitrogens with one attached hydrogen (secondary N) is 1. The Kier molecular flexibility index (Phi) is 7.74. The van der Waals surface area contributed by atoms with Crippen molar-refractivity contribution < 1.29 is 23.8 Å². The molecular weight excluding hydrogens is 362 g/mol. The molecule has 0 aliphatic carbocycles. The molecule has 2 rings (SSSR count). The van der Waals surface area contributed by atoms with Crippen LogP contribution in [0.15, 0.2) is 6.07 Å². The molecule has 1 fully saturated rings. The smallest absolute Gasteiger partial charge is 0.348 e. The fraction of sp³-hybridized carbons (Fsp3) is 0.647. The molecule has 1 N–H and O–H groups in total. The summed E-state index contributed by atoms with van der Waals surface area (Å²) in [5, 5.41) is 3.17. The van der Waals surface area contributed by atoms with Crippen LogP contribution in [0.5, 0.6) is 0 Å². The van der Waals surface area contributed by atoms with E-state index >= 15 is 0 Å². The predicted octanol–water partition coefficient (Wildman–Crippen LogP) is 2.38. The molecule has 1 aliphatic heterocycles. The highest BCUT2D eigenvalue weighted by Gasteiger charge is 2.36. The fourth-order valence-corrected chi connectivity index (χ4v) is 5.22. The number of carbonyl (C=O) groups excluding carboxylic acids is 2. The number of rotatable bonds is 7. The van der Waals surface area contributed by atoms with Crippen LogP contribution in [0, 0.1) is 6.92 Å². The van der Waals surface area contributed by atoms with E-state index in [9.17, 15) is 9.59 Å². The molecule has 0 aromatic carbocycles. The number of carbonyl (C=O) groups is 2. The van der Waals surface area contributed by atoms with Crippen LogP contribution in [-0.2, 0) is 25.4 Å². The van der Waals surface area contributed by atoms with Crippen molar-refractivity contribution in [1.82, 2.24) is 5.32 Å². The summed E-state index contributed by atoms with van der Waals surface area (Å²) < 4.78 is 15.3. The number of esters is 2. The van der Waals surface area contributed by atoms with Gasteiger partial charge in [-0.1, -0.05) is 0 Å². The molecule has 3 atom stereocenters. The van der Waals surface area contributed by atoms with Gasteiger partial charge in [0.05, 0.1) is 13.7 Å². The number of hydrogen-bond donors (Lipinski definition) is 1. The highest BCUT2D eigenvalue weighted by atomic mass is 32.2. The Morgan fingerprint density at radius 3 is 2.76 bits per heavy atom. The predicted molar refractivity (Wildman–Crippen MR) is 99.3 cm³/mol. The molecule has 1 aromatic heterocycles. The van der Waals surface area contributed by atoms with Gasteiger partial charge in [-0.3, -0.25) is 10.1 Å². The normalized spacial score (nSPS) is 23.3. The first-order valence-electron chi connectivity index (χ1n) is 8.26. The van der Waals surface area contributed by atoms with Crippen molar-refractivity contribution in [2.24, 2.45) is 0 Å². The standard InChI is InChI=1S/C17H25NO5S2/c1-5-23-16(19)13-8-10(2)12(25-13)7-6-11-9-18-15(21-3)14(24-11)17(20)22-4/h8,11,14-15,18H,5-7,9H2,1-4H3/t11-,14?,15?/m1/s1. The third-order valence-electron chi connectivity index (χ3n) is 4.04. The van der Waals surface area contributed by atoms with Crippen LogP contribution in [0.4, 0.5) is 0 Å². The fourth-order valence-electron chi connectivity index (χ4n) is 2.72. The van der Waals surface area contributed by atoms with E-state index in [4.69, 9.17) is 14.2 Å². The summed E-state index contributed by atoms with van der Waals surface area (Å²) >= 11 is 3.09. The van der Waals surface area contributed by atoms with E-state index in [2.05, 4.69) is 5.32 Å². The van der Waals surface area contributed by atoms with Crippen molar-refractivity contribution >= 4 is 35.0 Å². The average Bonchev–Trinajstić information content (AvgIpc) is 3.00. The highest BCUT2D eigenvalue weighted by molar-refractivity contribution is 8.01. The second-order valence-electron chi connectivity index (χ2n) is 5.74. The van der Waals surface area contributed by atoms with Gasteiger partial charge in [0.1, 0.15) is 16.4 Å². The van der Waals surface area contributed by atoms with Gasteiger partial charge in [0, 0.05) is 23.8 Å². The monoisotopic (exact) mass is 387 g/mol. The molecule has 2 unspecified atom stereocenters. The van der Waals surface area contributed by atoms with Crippen LogP contribution in [0.3, 0.4) is 0 Å². The Balaban J connectivity index is 1.95. The number of hydrogen-bond acceptors (Lipinski definition) is 8. The van der Waals surface area contributed by atoms with Gasteiger partial charge in [-0.2, -0.15) is 0 Å². The minimum Gasteiger partial charge on any atom is -0.468 e.